The molecule has 1 saturated carbocycles. The van der Waals surface area contributed by atoms with Gasteiger partial charge in [0.05, 0.1) is 11.2 Å². The van der Waals surface area contributed by atoms with Crippen molar-refractivity contribution in [3.05, 3.63) is 16.1 Å². The van der Waals surface area contributed by atoms with Crippen molar-refractivity contribution in [2.45, 2.75) is 70.8 Å². The average molecular weight is 266 g/mol. The third-order valence-electron chi connectivity index (χ3n) is 4.16. The number of nitrogens with two attached hydrogens (primary N) is 1. The largest absolute Gasteiger partial charge is 0.319 e. The zero-order valence-corrected chi connectivity index (χ0v) is 12.9. The van der Waals surface area contributed by atoms with E-state index in [1.807, 2.05) is 0 Å². The molecule has 102 valence electrons. The third-order valence-corrected chi connectivity index (χ3v) is 5.23. The molecule has 1 aromatic rings. The Hall–Kier alpha value is -0.410. The van der Waals surface area contributed by atoms with Crippen molar-refractivity contribution in [2.24, 2.45) is 11.7 Å². The van der Waals surface area contributed by atoms with Crippen molar-refractivity contribution in [3.63, 3.8) is 0 Å². The maximum atomic E-state index is 6.65. The van der Waals surface area contributed by atoms with Crippen LogP contribution in [0, 0.1) is 5.92 Å². The van der Waals surface area contributed by atoms with Gasteiger partial charge in [0.25, 0.3) is 0 Å². The molecule has 2 unspecified atom stereocenters. The highest BCUT2D eigenvalue weighted by Crippen LogP contribution is 2.41. The van der Waals surface area contributed by atoms with E-state index in [9.17, 15) is 0 Å². The Morgan fingerprint density at radius 1 is 1.50 bits per heavy atom. The van der Waals surface area contributed by atoms with Gasteiger partial charge >= 0.3 is 0 Å². The first-order chi connectivity index (χ1) is 8.35. The van der Waals surface area contributed by atoms with Crippen molar-refractivity contribution in [1.29, 1.82) is 0 Å². The SMILES string of the molecule is CCC1CCCC(N)(c2nc(C(C)(C)C)cs2)C1. The second-order valence-corrected chi connectivity index (χ2v) is 7.67. The first kappa shape index (κ1) is 14.0. The van der Waals surface area contributed by atoms with Gasteiger partial charge in [-0.05, 0) is 18.8 Å². The lowest BCUT2D eigenvalue weighted by molar-refractivity contribution is 0.220. The summed E-state index contributed by atoms with van der Waals surface area (Å²) in [6.45, 7) is 8.92. The lowest BCUT2D eigenvalue weighted by Gasteiger charge is -2.36. The number of nitrogens with zero attached hydrogens (tertiary/aromatic N) is 1. The van der Waals surface area contributed by atoms with E-state index in [0.717, 1.165) is 23.8 Å². The van der Waals surface area contributed by atoms with E-state index in [1.54, 1.807) is 11.3 Å². The van der Waals surface area contributed by atoms with Crippen molar-refractivity contribution < 1.29 is 0 Å². The van der Waals surface area contributed by atoms with Crippen molar-refractivity contribution in [1.82, 2.24) is 4.98 Å². The molecule has 0 aliphatic heterocycles. The van der Waals surface area contributed by atoms with Gasteiger partial charge in [0.1, 0.15) is 5.01 Å². The van der Waals surface area contributed by atoms with Gasteiger partial charge in [0.15, 0.2) is 0 Å². The highest BCUT2D eigenvalue weighted by Gasteiger charge is 2.36. The molecular weight excluding hydrogens is 240 g/mol. The lowest BCUT2D eigenvalue weighted by Crippen LogP contribution is -2.41. The Kier molecular flexibility index (Phi) is 3.84. The number of hydrogen-bond acceptors (Lipinski definition) is 3. The van der Waals surface area contributed by atoms with Crippen LogP contribution in [0.2, 0.25) is 0 Å². The minimum atomic E-state index is -0.160. The number of aromatic nitrogens is 1. The van der Waals surface area contributed by atoms with Crippen molar-refractivity contribution in [2.75, 3.05) is 0 Å². The minimum absolute atomic E-state index is 0.129. The van der Waals surface area contributed by atoms with E-state index in [0.29, 0.717) is 0 Å². The summed E-state index contributed by atoms with van der Waals surface area (Å²) in [7, 11) is 0. The van der Waals surface area contributed by atoms with Gasteiger partial charge in [-0.15, -0.1) is 11.3 Å². The van der Waals surface area contributed by atoms with Crippen LogP contribution in [0.3, 0.4) is 0 Å². The predicted octanol–water partition coefficient (Wildman–Crippen LogP) is 4.19. The Bertz CT molecular complexity index is 405. The molecule has 2 nitrogen and oxygen atoms in total. The van der Waals surface area contributed by atoms with E-state index in [1.165, 1.54) is 25.0 Å². The molecule has 0 aromatic carbocycles. The summed E-state index contributed by atoms with van der Waals surface area (Å²) in [5.41, 5.74) is 7.81. The molecule has 1 fully saturated rings. The Morgan fingerprint density at radius 2 is 2.22 bits per heavy atom. The zero-order valence-electron chi connectivity index (χ0n) is 12.1. The van der Waals surface area contributed by atoms with Gasteiger partial charge < -0.3 is 5.73 Å². The monoisotopic (exact) mass is 266 g/mol. The summed E-state index contributed by atoms with van der Waals surface area (Å²) in [5.74, 6) is 0.783. The second-order valence-electron chi connectivity index (χ2n) is 6.81. The number of rotatable bonds is 2. The van der Waals surface area contributed by atoms with Crippen LogP contribution in [-0.2, 0) is 11.0 Å². The molecule has 1 aliphatic carbocycles. The fourth-order valence-corrected chi connectivity index (χ4v) is 4.02. The van der Waals surface area contributed by atoms with Crippen LogP contribution in [0.1, 0.15) is 70.5 Å². The molecule has 0 radical (unpaired) electrons. The highest BCUT2D eigenvalue weighted by molar-refractivity contribution is 7.09. The lowest BCUT2D eigenvalue weighted by atomic mass is 9.75. The summed E-state index contributed by atoms with van der Waals surface area (Å²) in [5, 5.41) is 3.35. The maximum Gasteiger partial charge on any atom is 0.113 e. The van der Waals surface area contributed by atoms with Crippen LogP contribution < -0.4 is 5.73 Å². The number of thiazole rings is 1. The molecule has 0 bridgehead atoms. The van der Waals surface area contributed by atoms with Crippen LogP contribution in [0.15, 0.2) is 5.38 Å². The Morgan fingerprint density at radius 3 is 2.78 bits per heavy atom. The van der Waals surface area contributed by atoms with E-state index in [-0.39, 0.29) is 11.0 Å². The molecule has 1 heterocycles. The van der Waals surface area contributed by atoms with E-state index >= 15 is 0 Å². The molecule has 2 atom stereocenters. The van der Waals surface area contributed by atoms with E-state index in [4.69, 9.17) is 10.7 Å². The van der Waals surface area contributed by atoms with Gasteiger partial charge in [-0.2, -0.15) is 0 Å². The first-order valence-electron chi connectivity index (χ1n) is 7.10. The molecule has 18 heavy (non-hydrogen) atoms. The second kappa shape index (κ2) is 4.93. The van der Waals surface area contributed by atoms with Gasteiger partial charge in [-0.25, -0.2) is 4.98 Å². The van der Waals surface area contributed by atoms with Crippen LogP contribution in [0.5, 0.6) is 0 Å². The van der Waals surface area contributed by atoms with Gasteiger partial charge in [-0.3, -0.25) is 0 Å². The molecule has 1 aromatic heterocycles. The fourth-order valence-electron chi connectivity index (χ4n) is 2.82. The Balaban J connectivity index is 2.22. The molecule has 2 N–H and O–H groups in total. The van der Waals surface area contributed by atoms with Crippen LogP contribution in [-0.4, -0.2) is 4.98 Å². The van der Waals surface area contributed by atoms with Gasteiger partial charge in [0, 0.05) is 10.8 Å². The van der Waals surface area contributed by atoms with E-state index in [2.05, 4.69) is 33.1 Å². The highest BCUT2D eigenvalue weighted by atomic mass is 32.1. The topological polar surface area (TPSA) is 38.9 Å². The summed E-state index contributed by atoms with van der Waals surface area (Å²) < 4.78 is 0. The summed E-state index contributed by atoms with van der Waals surface area (Å²) in [6.07, 6.45) is 6.05. The van der Waals surface area contributed by atoms with E-state index < -0.39 is 0 Å². The molecule has 0 amide bonds. The normalized spacial score (nSPS) is 29.5. The first-order valence-corrected chi connectivity index (χ1v) is 7.98. The molecule has 0 saturated heterocycles. The Labute approximate surface area is 115 Å². The maximum absolute atomic E-state index is 6.65. The quantitative estimate of drug-likeness (QED) is 0.871. The molecular formula is C15H26N2S. The molecule has 2 rings (SSSR count). The van der Waals surface area contributed by atoms with Crippen LogP contribution >= 0.6 is 11.3 Å². The standard InChI is InChI=1S/C15H26N2S/c1-5-11-7-6-8-15(16,9-11)13-17-12(10-18-13)14(2,3)4/h10-11H,5-9,16H2,1-4H3. The van der Waals surface area contributed by atoms with Gasteiger partial charge in [-0.1, -0.05) is 47.0 Å². The van der Waals surface area contributed by atoms with Crippen LogP contribution in [0.25, 0.3) is 0 Å². The summed E-state index contributed by atoms with van der Waals surface area (Å²) in [6, 6.07) is 0. The number of hydrogen-bond donors (Lipinski definition) is 1. The minimum Gasteiger partial charge on any atom is -0.319 e. The molecule has 3 heteroatoms. The molecule has 0 spiro atoms. The van der Waals surface area contributed by atoms with Crippen molar-refractivity contribution in [3.8, 4) is 0 Å². The smallest absolute Gasteiger partial charge is 0.113 e. The predicted molar refractivity (Wildman–Crippen MR) is 78.9 cm³/mol. The van der Waals surface area contributed by atoms with Gasteiger partial charge in [0.2, 0.25) is 0 Å². The summed E-state index contributed by atoms with van der Waals surface area (Å²) in [4.78, 5) is 4.84. The third kappa shape index (κ3) is 2.77. The zero-order chi connectivity index (χ0) is 13.4. The van der Waals surface area contributed by atoms with Crippen LogP contribution in [0.4, 0.5) is 0 Å². The molecule has 1 aliphatic rings. The van der Waals surface area contributed by atoms with Crippen molar-refractivity contribution >= 4 is 11.3 Å². The average Bonchev–Trinajstić information content (AvgIpc) is 2.78. The fraction of sp³-hybridized carbons (Fsp3) is 0.800. The summed E-state index contributed by atoms with van der Waals surface area (Å²) >= 11 is 1.76.